The molecule has 1 saturated carbocycles. The van der Waals surface area contributed by atoms with Crippen LogP contribution in [0.15, 0.2) is 48.8 Å². The second-order valence-electron chi connectivity index (χ2n) is 8.74. The zero-order valence-electron chi connectivity index (χ0n) is 18.9. The predicted molar refractivity (Wildman–Crippen MR) is 125 cm³/mol. The van der Waals surface area contributed by atoms with Gasteiger partial charge in [-0.25, -0.2) is 0 Å². The number of para-hydroxylation sites is 1. The molecule has 34 heavy (non-hydrogen) atoms. The number of fused-ring (bicyclic) bond motifs is 1. The summed E-state index contributed by atoms with van der Waals surface area (Å²) in [7, 11) is 2.02. The number of carbonyl (C=O) groups excluding carboxylic acids is 1. The Hall–Kier alpha value is -2.87. The first kappa shape index (κ1) is 24.3. The molecule has 0 saturated heterocycles. The lowest BCUT2D eigenvalue weighted by atomic mass is 9.99. The van der Waals surface area contributed by atoms with Gasteiger partial charge in [-0.05, 0) is 41.3 Å². The maximum absolute atomic E-state index is 13.2. The van der Waals surface area contributed by atoms with Crippen molar-refractivity contribution in [3.05, 3.63) is 76.9 Å². The quantitative estimate of drug-likeness (QED) is 0.412. The van der Waals surface area contributed by atoms with Crippen LogP contribution >= 0.6 is 11.6 Å². The molecular weight excluding hydrogens is 465 g/mol. The monoisotopic (exact) mass is 490 g/mol. The highest BCUT2D eigenvalue weighted by Crippen LogP contribution is 2.39. The number of hydrogen-bond donors (Lipinski definition) is 0. The first-order chi connectivity index (χ1) is 16.3. The molecule has 2 heterocycles. The van der Waals surface area contributed by atoms with E-state index >= 15 is 0 Å². The molecule has 0 unspecified atom stereocenters. The fourth-order valence-corrected chi connectivity index (χ4v) is 4.73. The van der Waals surface area contributed by atoms with E-state index in [1.807, 2.05) is 11.6 Å². The Labute approximate surface area is 201 Å². The third-order valence-electron chi connectivity index (χ3n) is 6.38. The smallest absolute Gasteiger partial charge is 0.321 e. The van der Waals surface area contributed by atoms with Crippen molar-refractivity contribution < 1.29 is 18.0 Å². The maximum Gasteiger partial charge on any atom is 0.416 e. The molecule has 3 aromatic rings. The molecule has 2 aliphatic rings. The number of amides is 1. The van der Waals surface area contributed by atoms with Crippen LogP contribution < -0.4 is 4.90 Å². The van der Waals surface area contributed by atoms with Crippen LogP contribution in [0.1, 0.15) is 58.6 Å². The lowest BCUT2D eigenvalue weighted by Gasteiger charge is -2.16. The molecule has 2 aromatic carbocycles. The van der Waals surface area contributed by atoms with E-state index in [4.69, 9.17) is 11.6 Å². The number of alkyl halides is 4. The molecule has 1 aromatic heterocycles. The minimum Gasteiger partial charge on any atom is -0.321 e. The molecule has 1 fully saturated rings. The molecule has 1 aliphatic heterocycles. The van der Waals surface area contributed by atoms with Crippen LogP contribution in [0.5, 0.6) is 0 Å². The highest BCUT2D eigenvalue weighted by Gasteiger charge is 2.40. The van der Waals surface area contributed by atoms with Crippen molar-refractivity contribution in [2.45, 2.75) is 50.7 Å². The number of halogens is 4. The van der Waals surface area contributed by atoms with Gasteiger partial charge < -0.3 is 9.47 Å². The third-order valence-corrected chi connectivity index (χ3v) is 6.69. The third kappa shape index (κ3) is 5.27. The summed E-state index contributed by atoms with van der Waals surface area (Å²) >= 11 is 5.66. The molecule has 1 amide bonds. The van der Waals surface area contributed by atoms with Crippen molar-refractivity contribution in [3.8, 4) is 0 Å². The van der Waals surface area contributed by atoms with Gasteiger partial charge in [0.1, 0.15) is 12.2 Å². The standard InChI is InChI=1S/C16H11ClF3NO.C9H15N3/c17-8-10-6-12-13(14(7-10)16(18,19)20)9-21(15(12)22)11-4-2-1-3-5-11;1-12-7-10-11-9(12)6-8-4-2-3-5-8/h1-7H,8-9H2;7-8H,2-6H2,1H3. The summed E-state index contributed by atoms with van der Waals surface area (Å²) in [4.78, 5) is 13.8. The van der Waals surface area contributed by atoms with Gasteiger partial charge in [0, 0.05) is 30.6 Å². The van der Waals surface area contributed by atoms with Gasteiger partial charge in [-0.15, -0.1) is 21.8 Å². The van der Waals surface area contributed by atoms with Crippen LogP contribution in [0.25, 0.3) is 0 Å². The highest BCUT2D eigenvalue weighted by atomic mass is 35.5. The van der Waals surface area contributed by atoms with Crippen molar-refractivity contribution in [3.63, 3.8) is 0 Å². The van der Waals surface area contributed by atoms with Crippen molar-refractivity contribution in [1.29, 1.82) is 0 Å². The van der Waals surface area contributed by atoms with Crippen LogP contribution in [0.2, 0.25) is 0 Å². The Balaban J connectivity index is 0.000000192. The molecule has 0 spiro atoms. The average Bonchev–Trinajstić information content (AvgIpc) is 3.56. The number of hydrogen-bond acceptors (Lipinski definition) is 3. The summed E-state index contributed by atoms with van der Waals surface area (Å²) < 4.78 is 41.8. The lowest BCUT2D eigenvalue weighted by molar-refractivity contribution is -0.138. The van der Waals surface area contributed by atoms with Crippen molar-refractivity contribution in [2.75, 3.05) is 4.90 Å². The largest absolute Gasteiger partial charge is 0.416 e. The van der Waals surface area contributed by atoms with Gasteiger partial charge >= 0.3 is 6.18 Å². The van der Waals surface area contributed by atoms with Crippen molar-refractivity contribution in [1.82, 2.24) is 14.8 Å². The van der Waals surface area contributed by atoms with E-state index in [2.05, 4.69) is 10.2 Å². The minimum absolute atomic E-state index is 0.00946. The van der Waals surface area contributed by atoms with Crippen LogP contribution in [0, 0.1) is 5.92 Å². The van der Waals surface area contributed by atoms with Crippen LogP contribution in [-0.4, -0.2) is 20.7 Å². The van der Waals surface area contributed by atoms with Gasteiger partial charge in [0.25, 0.3) is 5.91 Å². The van der Waals surface area contributed by atoms with E-state index in [0.717, 1.165) is 24.2 Å². The first-order valence-corrected chi connectivity index (χ1v) is 11.8. The summed E-state index contributed by atoms with van der Waals surface area (Å²) in [6.45, 7) is -0.0877. The van der Waals surface area contributed by atoms with Crippen LogP contribution in [-0.2, 0) is 32.1 Å². The molecule has 9 heteroatoms. The van der Waals surface area contributed by atoms with Gasteiger partial charge in [0.2, 0.25) is 0 Å². The number of aryl methyl sites for hydroxylation is 1. The maximum atomic E-state index is 13.2. The highest BCUT2D eigenvalue weighted by molar-refractivity contribution is 6.17. The summed E-state index contributed by atoms with van der Waals surface area (Å²) in [6, 6.07) is 11.1. The van der Waals surface area contributed by atoms with Gasteiger partial charge in [0.05, 0.1) is 12.1 Å². The molecule has 0 bridgehead atoms. The summed E-state index contributed by atoms with van der Waals surface area (Å²) in [5, 5.41) is 7.97. The molecule has 0 atom stereocenters. The zero-order valence-corrected chi connectivity index (χ0v) is 19.6. The Morgan fingerprint density at radius 3 is 2.41 bits per heavy atom. The normalized spacial score (nSPS) is 15.9. The van der Waals surface area contributed by atoms with E-state index in [1.54, 1.807) is 36.7 Å². The Morgan fingerprint density at radius 1 is 1.12 bits per heavy atom. The molecule has 0 N–H and O–H groups in total. The van der Waals surface area contributed by atoms with E-state index < -0.39 is 17.6 Å². The van der Waals surface area contributed by atoms with Crippen molar-refractivity contribution >= 4 is 23.2 Å². The summed E-state index contributed by atoms with van der Waals surface area (Å²) in [5.74, 6) is 1.50. The number of anilines is 1. The molecule has 180 valence electrons. The fraction of sp³-hybridized carbons (Fsp3) is 0.400. The molecule has 0 radical (unpaired) electrons. The van der Waals surface area contributed by atoms with E-state index in [0.29, 0.717) is 5.69 Å². The predicted octanol–water partition coefficient (Wildman–Crippen LogP) is 6.15. The molecule has 1 aliphatic carbocycles. The number of benzene rings is 2. The van der Waals surface area contributed by atoms with Gasteiger partial charge in [0.15, 0.2) is 0 Å². The summed E-state index contributed by atoms with van der Waals surface area (Å²) in [5.41, 5.74) is 0.164. The summed E-state index contributed by atoms with van der Waals surface area (Å²) in [6.07, 6.45) is 3.96. The van der Waals surface area contributed by atoms with E-state index in [-0.39, 0.29) is 29.1 Å². The number of rotatable bonds is 4. The SMILES string of the molecule is Cn1cnnc1CC1CCCC1.O=C1c2cc(CCl)cc(C(F)(F)F)c2CN1c1ccccc1. The van der Waals surface area contributed by atoms with E-state index in [9.17, 15) is 18.0 Å². The Bertz CT molecular complexity index is 1140. The number of aromatic nitrogens is 3. The molecular formula is C25H26ClF3N4O. The average molecular weight is 491 g/mol. The molecule has 5 nitrogen and oxygen atoms in total. The second-order valence-corrected chi connectivity index (χ2v) is 9.01. The molecule has 5 rings (SSSR count). The Morgan fingerprint density at radius 2 is 1.82 bits per heavy atom. The van der Waals surface area contributed by atoms with E-state index in [1.165, 1.54) is 36.6 Å². The zero-order chi connectivity index (χ0) is 24.3. The second kappa shape index (κ2) is 10.2. The topological polar surface area (TPSA) is 51.0 Å². The van der Waals surface area contributed by atoms with Crippen LogP contribution in [0.4, 0.5) is 18.9 Å². The number of carbonyl (C=O) groups is 1. The van der Waals surface area contributed by atoms with Gasteiger partial charge in [-0.1, -0.05) is 43.9 Å². The minimum atomic E-state index is -4.51. The lowest BCUT2D eigenvalue weighted by Crippen LogP contribution is -2.22. The van der Waals surface area contributed by atoms with Gasteiger partial charge in [-0.3, -0.25) is 4.79 Å². The van der Waals surface area contributed by atoms with Crippen LogP contribution in [0.3, 0.4) is 0 Å². The Kier molecular flexibility index (Phi) is 7.26. The fourth-order valence-electron chi connectivity index (χ4n) is 4.58. The first-order valence-electron chi connectivity index (χ1n) is 11.3. The number of nitrogens with zero attached hydrogens (tertiary/aromatic N) is 4. The van der Waals surface area contributed by atoms with Gasteiger partial charge in [-0.2, -0.15) is 13.2 Å². The van der Waals surface area contributed by atoms with Crippen molar-refractivity contribution in [2.24, 2.45) is 13.0 Å².